The Bertz CT molecular complexity index is 1360. The van der Waals surface area contributed by atoms with Crippen molar-refractivity contribution in [2.75, 3.05) is 17.4 Å². The van der Waals surface area contributed by atoms with E-state index in [1.54, 1.807) is 74.5 Å². The summed E-state index contributed by atoms with van der Waals surface area (Å²) in [4.78, 5) is 28.2. The number of benzene rings is 3. The number of rotatable bonds is 11. The molecule has 0 heterocycles. The minimum atomic E-state index is -4.10. The standard InChI is InChI=1S/C29H34ClN3O4S/c1-5-24-9-7-8-10-27(24)33(38(36,37)26-17-11-21(3)12-18-26)20-28(34)32(22(4)29(35)31-6-2)19-23-13-15-25(30)16-14-23/h7-18,22H,5-6,19-20H2,1-4H3,(H,31,35)/t22-/m1/s1. The smallest absolute Gasteiger partial charge is 0.264 e. The fraction of sp³-hybridized carbons (Fsp3) is 0.310. The lowest BCUT2D eigenvalue weighted by Crippen LogP contribution is -2.51. The van der Waals surface area contributed by atoms with Gasteiger partial charge >= 0.3 is 0 Å². The Balaban J connectivity index is 2.06. The highest BCUT2D eigenvalue weighted by Crippen LogP contribution is 2.28. The van der Waals surface area contributed by atoms with Gasteiger partial charge in [-0.05, 0) is 68.7 Å². The zero-order valence-electron chi connectivity index (χ0n) is 22.1. The molecule has 0 aromatic heterocycles. The maximum absolute atomic E-state index is 13.9. The minimum Gasteiger partial charge on any atom is -0.355 e. The average Bonchev–Trinajstić information content (AvgIpc) is 2.91. The molecule has 202 valence electrons. The van der Waals surface area contributed by atoms with Crippen molar-refractivity contribution < 1.29 is 18.0 Å². The van der Waals surface area contributed by atoms with Gasteiger partial charge in [-0.15, -0.1) is 0 Å². The Kier molecular flexibility index (Phi) is 9.94. The van der Waals surface area contributed by atoms with E-state index in [2.05, 4.69) is 5.32 Å². The monoisotopic (exact) mass is 555 g/mol. The average molecular weight is 556 g/mol. The first-order valence-electron chi connectivity index (χ1n) is 12.6. The topological polar surface area (TPSA) is 86.8 Å². The summed E-state index contributed by atoms with van der Waals surface area (Å²) in [5.41, 5.74) is 2.91. The molecule has 3 aromatic carbocycles. The molecule has 1 atom stereocenters. The molecule has 0 bridgehead atoms. The molecule has 3 aromatic rings. The molecule has 0 aliphatic rings. The van der Waals surface area contributed by atoms with E-state index in [9.17, 15) is 18.0 Å². The Morgan fingerprint density at radius 3 is 2.18 bits per heavy atom. The summed E-state index contributed by atoms with van der Waals surface area (Å²) in [5.74, 6) is -0.822. The van der Waals surface area contributed by atoms with Gasteiger partial charge in [-0.3, -0.25) is 13.9 Å². The number of halogens is 1. The molecule has 0 aliphatic carbocycles. The molecule has 1 N–H and O–H groups in total. The molecular formula is C29H34ClN3O4S. The number of hydrogen-bond donors (Lipinski definition) is 1. The number of carbonyl (C=O) groups is 2. The number of sulfonamides is 1. The number of nitrogens with one attached hydrogen (secondary N) is 1. The van der Waals surface area contributed by atoms with Crippen molar-refractivity contribution in [1.29, 1.82) is 0 Å². The quantitative estimate of drug-likeness (QED) is 0.362. The van der Waals surface area contributed by atoms with Crippen LogP contribution in [0.3, 0.4) is 0 Å². The maximum atomic E-state index is 13.9. The van der Waals surface area contributed by atoms with E-state index in [-0.39, 0.29) is 17.3 Å². The van der Waals surface area contributed by atoms with Crippen LogP contribution in [0.25, 0.3) is 0 Å². The van der Waals surface area contributed by atoms with Gasteiger partial charge in [0.25, 0.3) is 10.0 Å². The predicted molar refractivity (Wildman–Crippen MR) is 152 cm³/mol. The lowest BCUT2D eigenvalue weighted by Gasteiger charge is -2.32. The van der Waals surface area contributed by atoms with Gasteiger partial charge in [0.05, 0.1) is 10.6 Å². The van der Waals surface area contributed by atoms with Crippen LogP contribution < -0.4 is 9.62 Å². The van der Waals surface area contributed by atoms with E-state index in [1.165, 1.54) is 4.90 Å². The Labute approximate surface area is 230 Å². The van der Waals surface area contributed by atoms with Crippen LogP contribution in [0.5, 0.6) is 0 Å². The molecule has 9 heteroatoms. The maximum Gasteiger partial charge on any atom is 0.264 e. The second-order valence-corrected chi connectivity index (χ2v) is 11.3. The molecule has 0 fully saturated rings. The summed E-state index contributed by atoms with van der Waals surface area (Å²) >= 11 is 6.03. The first-order valence-corrected chi connectivity index (χ1v) is 14.4. The number of amides is 2. The summed E-state index contributed by atoms with van der Waals surface area (Å²) < 4.78 is 29.0. The molecule has 7 nitrogen and oxygen atoms in total. The molecule has 0 spiro atoms. The van der Waals surface area contributed by atoms with Crippen molar-refractivity contribution >= 4 is 39.1 Å². The van der Waals surface area contributed by atoms with Gasteiger partial charge < -0.3 is 10.2 Å². The number of hydrogen-bond acceptors (Lipinski definition) is 4. The van der Waals surface area contributed by atoms with Crippen LogP contribution in [-0.2, 0) is 32.6 Å². The van der Waals surface area contributed by atoms with Crippen molar-refractivity contribution in [3.8, 4) is 0 Å². The Morgan fingerprint density at radius 1 is 0.947 bits per heavy atom. The number of likely N-dealkylation sites (N-methyl/N-ethyl adjacent to an activating group) is 1. The van der Waals surface area contributed by atoms with Gasteiger partial charge in [-0.25, -0.2) is 8.42 Å². The third-order valence-electron chi connectivity index (χ3n) is 6.31. The van der Waals surface area contributed by atoms with Crippen molar-refractivity contribution in [2.24, 2.45) is 0 Å². The zero-order chi connectivity index (χ0) is 27.9. The number of carbonyl (C=O) groups excluding carboxylic acids is 2. The normalized spacial score (nSPS) is 12.0. The highest BCUT2D eigenvalue weighted by molar-refractivity contribution is 7.92. The molecule has 2 amide bonds. The Hall–Kier alpha value is -3.36. The van der Waals surface area contributed by atoms with Crippen LogP contribution in [0.4, 0.5) is 5.69 Å². The second-order valence-electron chi connectivity index (χ2n) is 9.03. The SMILES string of the molecule is CCNC(=O)[C@@H](C)N(Cc1ccc(Cl)cc1)C(=O)CN(c1ccccc1CC)S(=O)(=O)c1ccc(C)cc1. The van der Waals surface area contributed by atoms with Gasteiger partial charge in [0.2, 0.25) is 11.8 Å². The van der Waals surface area contributed by atoms with Crippen molar-refractivity contribution in [2.45, 2.75) is 51.6 Å². The van der Waals surface area contributed by atoms with Gasteiger partial charge in [0, 0.05) is 18.1 Å². The van der Waals surface area contributed by atoms with Crippen molar-refractivity contribution in [3.05, 3.63) is 94.5 Å². The van der Waals surface area contributed by atoms with E-state index < -0.39 is 28.5 Å². The van der Waals surface area contributed by atoms with E-state index in [4.69, 9.17) is 11.6 Å². The molecule has 0 radical (unpaired) electrons. The van der Waals surface area contributed by atoms with Crippen LogP contribution in [0.1, 0.15) is 37.5 Å². The van der Waals surface area contributed by atoms with Gasteiger partial charge in [-0.1, -0.05) is 66.6 Å². The van der Waals surface area contributed by atoms with Crippen LogP contribution >= 0.6 is 11.6 Å². The summed E-state index contributed by atoms with van der Waals surface area (Å²) in [6, 6.07) is 19.8. The van der Waals surface area contributed by atoms with E-state index in [1.807, 2.05) is 26.0 Å². The number of para-hydroxylation sites is 1. The summed E-state index contributed by atoms with van der Waals surface area (Å²) in [5, 5.41) is 3.31. The molecule has 0 saturated carbocycles. The lowest BCUT2D eigenvalue weighted by molar-refractivity contribution is -0.139. The van der Waals surface area contributed by atoms with Crippen molar-refractivity contribution in [1.82, 2.24) is 10.2 Å². The number of aryl methyl sites for hydroxylation is 2. The highest BCUT2D eigenvalue weighted by atomic mass is 35.5. The van der Waals surface area contributed by atoms with Crippen LogP contribution in [-0.4, -0.2) is 44.3 Å². The van der Waals surface area contributed by atoms with E-state index in [0.29, 0.717) is 23.7 Å². The largest absolute Gasteiger partial charge is 0.355 e. The van der Waals surface area contributed by atoms with Crippen LogP contribution in [0.2, 0.25) is 5.02 Å². The number of nitrogens with zero attached hydrogens (tertiary/aromatic N) is 2. The highest BCUT2D eigenvalue weighted by Gasteiger charge is 2.33. The molecule has 0 aliphatic heterocycles. The predicted octanol–water partition coefficient (Wildman–Crippen LogP) is 4.96. The van der Waals surface area contributed by atoms with Gasteiger partial charge in [0.1, 0.15) is 12.6 Å². The fourth-order valence-corrected chi connectivity index (χ4v) is 5.67. The number of anilines is 1. The molecule has 0 saturated heterocycles. The third-order valence-corrected chi connectivity index (χ3v) is 8.34. The van der Waals surface area contributed by atoms with Crippen molar-refractivity contribution in [3.63, 3.8) is 0 Å². The lowest BCUT2D eigenvalue weighted by atomic mass is 10.1. The summed E-state index contributed by atoms with van der Waals surface area (Å²) in [7, 11) is -4.10. The summed E-state index contributed by atoms with van der Waals surface area (Å²) in [6.45, 7) is 7.30. The van der Waals surface area contributed by atoms with Gasteiger partial charge in [0.15, 0.2) is 0 Å². The summed E-state index contributed by atoms with van der Waals surface area (Å²) in [6.07, 6.45) is 0.577. The van der Waals surface area contributed by atoms with E-state index >= 15 is 0 Å². The first kappa shape index (κ1) is 29.2. The zero-order valence-corrected chi connectivity index (χ0v) is 23.7. The fourth-order valence-electron chi connectivity index (χ4n) is 4.09. The van der Waals surface area contributed by atoms with Crippen LogP contribution in [0.15, 0.2) is 77.7 Å². The molecule has 3 rings (SSSR count). The molecule has 0 unspecified atom stereocenters. The van der Waals surface area contributed by atoms with Crippen LogP contribution in [0, 0.1) is 6.92 Å². The molecule has 38 heavy (non-hydrogen) atoms. The second kappa shape index (κ2) is 12.9. The third kappa shape index (κ3) is 6.94. The first-order chi connectivity index (χ1) is 18.1. The minimum absolute atomic E-state index is 0.0860. The Morgan fingerprint density at radius 2 is 1.58 bits per heavy atom. The van der Waals surface area contributed by atoms with E-state index in [0.717, 1.165) is 21.0 Å². The molecular weight excluding hydrogens is 522 g/mol. The van der Waals surface area contributed by atoms with Gasteiger partial charge in [-0.2, -0.15) is 0 Å².